The first-order valence-corrected chi connectivity index (χ1v) is 7.69. The van der Waals surface area contributed by atoms with Gasteiger partial charge in [0.15, 0.2) is 5.11 Å². The van der Waals surface area contributed by atoms with Crippen LogP contribution in [0.25, 0.3) is 10.8 Å². The van der Waals surface area contributed by atoms with Gasteiger partial charge < -0.3 is 15.1 Å². The van der Waals surface area contributed by atoms with Gasteiger partial charge in [-0.25, -0.2) is 0 Å². The van der Waals surface area contributed by atoms with Crippen LogP contribution in [0.1, 0.15) is 24.3 Å². The Bertz CT molecular complexity index is 762. The van der Waals surface area contributed by atoms with Crippen LogP contribution in [0.2, 0.25) is 0 Å². The number of rotatable bonds is 4. The van der Waals surface area contributed by atoms with E-state index >= 15 is 0 Å². The summed E-state index contributed by atoms with van der Waals surface area (Å²) in [5, 5.41) is 9.60. The highest BCUT2D eigenvalue weighted by atomic mass is 32.1. The van der Waals surface area contributed by atoms with Gasteiger partial charge in [0.05, 0.1) is 18.8 Å². The highest BCUT2D eigenvalue weighted by molar-refractivity contribution is 7.80. The molecule has 2 aromatic carbocycles. The number of thiocarbonyl (C=S) groups is 1. The third kappa shape index (κ3) is 3.28. The standard InChI is InChI=1S/C18H18N2OS/c1-13(20-18(22)19-12-15-8-5-11-21-15)16-10-4-7-14-6-2-3-9-17(14)16/h2-11,13H,12H2,1H3,(H2,19,20,22)/t13-/m1/s1. The second kappa shape index (κ2) is 6.62. The molecule has 3 rings (SSSR count). The lowest BCUT2D eigenvalue weighted by Gasteiger charge is -2.18. The van der Waals surface area contributed by atoms with Crippen LogP contribution < -0.4 is 10.6 Å². The zero-order valence-electron chi connectivity index (χ0n) is 12.4. The Kier molecular flexibility index (Phi) is 4.39. The second-order valence-electron chi connectivity index (χ2n) is 5.20. The Morgan fingerprint density at radius 3 is 2.73 bits per heavy atom. The molecular formula is C18H18N2OS. The quantitative estimate of drug-likeness (QED) is 0.710. The van der Waals surface area contributed by atoms with E-state index in [-0.39, 0.29) is 6.04 Å². The van der Waals surface area contributed by atoms with E-state index < -0.39 is 0 Å². The zero-order valence-corrected chi connectivity index (χ0v) is 13.2. The Labute approximate surface area is 135 Å². The molecule has 0 spiro atoms. The molecule has 0 bridgehead atoms. The smallest absolute Gasteiger partial charge is 0.167 e. The topological polar surface area (TPSA) is 37.2 Å². The van der Waals surface area contributed by atoms with E-state index in [9.17, 15) is 0 Å². The Balaban J connectivity index is 1.68. The summed E-state index contributed by atoms with van der Waals surface area (Å²) in [6, 6.07) is 18.6. The maximum absolute atomic E-state index is 5.36. The molecule has 0 saturated heterocycles. The normalized spacial score (nSPS) is 12.0. The van der Waals surface area contributed by atoms with Crippen molar-refractivity contribution in [1.82, 2.24) is 10.6 Å². The van der Waals surface area contributed by atoms with Gasteiger partial charge in [-0.05, 0) is 47.6 Å². The van der Waals surface area contributed by atoms with Crippen molar-refractivity contribution in [2.45, 2.75) is 19.5 Å². The Morgan fingerprint density at radius 1 is 1.09 bits per heavy atom. The van der Waals surface area contributed by atoms with Gasteiger partial charge in [0.25, 0.3) is 0 Å². The van der Waals surface area contributed by atoms with Crippen LogP contribution in [-0.4, -0.2) is 5.11 Å². The fraction of sp³-hybridized carbons (Fsp3) is 0.167. The molecule has 0 aliphatic rings. The molecule has 112 valence electrons. The van der Waals surface area contributed by atoms with Crippen LogP contribution in [0, 0.1) is 0 Å². The van der Waals surface area contributed by atoms with E-state index in [0.29, 0.717) is 11.7 Å². The van der Waals surface area contributed by atoms with Crippen molar-refractivity contribution < 1.29 is 4.42 Å². The minimum atomic E-state index is 0.128. The van der Waals surface area contributed by atoms with E-state index in [1.54, 1.807) is 6.26 Å². The molecule has 1 aromatic heterocycles. The van der Waals surface area contributed by atoms with Crippen LogP contribution in [0.3, 0.4) is 0 Å². The molecule has 0 saturated carbocycles. The van der Waals surface area contributed by atoms with E-state index in [1.807, 2.05) is 12.1 Å². The number of hydrogen-bond donors (Lipinski definition) is 2. The molecule has 22 heavy (non-hydrogen) atoms. The van der Waals surface area contributed by atoms with Gasteiger partial charge in [-0.1, -0.05) is 42.5 Å². The van der Waals surface area contributed by atoms with E-state index in [0.717, 1.165) is 5.76 Å². The summed E-state index contributed by atoms with van der Waals surface area (Å²) in [6.45, 7) is 2.70. The van der Waals surface area contributed by atoms with Gasteiger partial charge in [0.2, 0.25) is 0 Å². The predicted octanol–water partition coefficient (Wildman–Crippen LogP) is 4.16. The summed E-state index contributed by atoms with van der Waals surface area (Å²) in [4.78, 5) is 0. The van der Waals surface area contributed by atoms with Crippen LogP contribution in [0.4, 0.5) is 0 Å². The molecular weight excluding hydrogens is 292 g/mol. The lowest BCUT2D eigenvalue weighted by molar-refractivity contribution is 0.501. The van der Waals surface area contributed by atoms with Crippen LogP contribution >= 0.6 is 12.2 Å². The molecule has 0 fully saturated rings. The lowest BCUT2D eigenvalue weighted by Crippen LogP contribution is -2.36. The van der Waals surface area contributed by atoms with Crippen molar-refractivity contribution in [2.24, 2.45) is 0 Å². The monoisotopic (exact) mass is 310 g/mol. The van der Waals surface area contributed by atoms with Crippen molar-refractivity contribution in [3.05, 3.63) is 72.2 Å². The van der Waals surface area contributed by atoms with Gasteiger partial charge in [0.1, 0.15) is 5.76 Å². The predicted molar refractivity (Wildman–Crippen MR) is 93.6 cm³/mol. The zero-order chi connectivity index (χ0) is 15.4. The molecule has 4 heteroatoms. The lowest BCUT2D eigenvalue weighted by atomic mass is 10.00. The number of nitrogens with one attached hydrogen (secondary N) is 2. The minimum absolute atomic E-state index is 0.128. The van der Waals surface area contributed by atoms with E-state index in [4.69, 9.17) is 16.6 Å². The summed E-state index contributed by atoms with van der Waals surface area (Å²) in [6.07, 6.45) is 1.66. The molecule has 1 atom stereocenters. The third-order valence-corrected chi connectivity index (χ3v) is 3.90. The van der Waals surface area contributed by atoms with Crippen molar-refractivity contribution in [3.8, 4) is 0 Å². The third-order valence-electron chi connectivity index (χ3n) is 3.64. The fourth-order valence-electron chi connectivity index (χ4n) is 2.53. The number of furan rings is 1. The van der Waals surface area contributed by atoms with E-state index in [2.05, 4.69) is 60.0 Å². The highest BCUT2D eigenvalue weighted by Gasteiger charge is 2.10. The summed E-state index contributed by atoms with van der Waals surface area (Å²) in [5.74, 6) is 0.863. The average molecular weight is 310 g/mol. The van der Waals surface area contributed by atoms with Gasteiger partial charge in [-0.2, -0.15) is 0 Å². The molecule has 2 N–H and O–H groups in total. The van der Waals surface area contributed by atoms with Crippen molar-refractivity contribution in [3.63, 3.8) is 0 Å². The average Bonchev–Trinajstić information content (AvgIpc) is 3.06. The summed E-state index contributed by atoms with van der Waals surface area (Å²) < 4.78 is 5.28. The highest BCUT2D eigenvalue weighted by Crippen LogP contribution is 2.23. The van der Waals surface area contributed by atoms with Gasteiger partial charge >= 0.3 is 0 Å². The first kappa shape index (κ1) is 14.6. The van der Waals surface area contributed by atoms with Crippen LogP contribution in [0.5, 0.6) is 0 Å². The molecule has 1 heterocycles. The van der Waals surface area contributed by atoms with Crippen molar-refractivity contribution >= 4 is 28.1 Å². The first-order chi connectivity index (χ1) is 10.7. The molecule has 0 aliphatic heterocycles. The summed E-state index contributed by atoms with van der Waals surface area (Å²) in [5.41, 5.74) is 1.24. The SMILES string of the molecule is C[C@@H](NC(=S)NCc1ccco1)c1cccc2ccccc12. The van der Waals surface area contributed by atoms with Crippen molar-refractivity contribution in [2.75, 3.05) is 0 Å². The molecule has 0 aliphatic carbocycles. The molecule has 0 amide bonds. The second-order valence-corrected chi connectivity index (χ2v) is 5.60. The first-order valence-electron chi connectivity index (χ1n) is 7.28. The van der Waals surface area contributed by atoms with Gasteiger partial charge in [-0.3, -0.25) is 0 Å². The van der Waals surface area contributed by atoms with Gasteiger partial charge in [-0.15, -0.1) is 0 Å². The fourth-order valence-corrected chi connectivity index (χ4v) is 2.78. The number of fused-ring (bicyclic) bond motifs is 1. The minimum Gasteiger partial charge on any atom is -0.467 e. The van der Waals surface area contributed by atoms with E-state index in [1.165, 1.54) is 16.3 Å². The Hall–Kier alpha value is -2.33. The van der Waals surface area contributed by atoms with Gasteiger partial charge in [0, 0.05) is 0 Å². The summed E-state index contributed by atoms with van der Waals surface area (Å²) >= 11 is 5.36. The summed E-state index contributed by atoms with van der Waals surface area (Å²) in [7, 11) is 0. The molecule has 0 unspecified atom stereocenters. The van der Waals surface area contributed by atoms with Crippen LogP contribution in [-0.2, 0) is 6.54 Å². The maximum Gasteiger partial charge on any atom is 0.167 e. The number of hydrogen-bond acceptors (Lipinski definition) is 2. The molecule has 3 aromatic rings. The van der Waals surface area contributed by atoms with Crippen molar-refractivity contribution in [1.29, 1.82) is 0 Å². The Morgan fingerprint density at radius 2 is 1.91 bits per heavy atom. The number of benzene rings is 2. The molecule has 3 nitrogen and oxygen atoms in total. The maximum atomic E-state index is 5.36. The molecule has 0 radical (unpaired) electrons. The van der Waals surface area contributed by atoms with Crippen LogP contribution in [0.15, 0.2) is 65.3 Å². The largest absolute Gasteiger partial charge is 0.467 e.